The van der Waals surface area contributed by atoms with Crippen LogP contribution in [0.4, 0.5) is 5.69 Å². The first-order valence-electron chi connectivity index (χ1n) is 7.24. The topological polar surface area (TPSA) is 36.7 Å². The van der Waals surface area contributed by atoms with Gasteiger partial charge in [-0.1, -0.05) is 23.7 Å². The van der Waals surface area contributed by atoms with Gasteiger partial charge in [0.1, 0.15) is 5.76 Å². The van der Waals surface area contributed by atoms with Crippen LogP contribution in [0, 0.1) is 0 Å². The fraction of sp³-hybridized carbons (Fsp3) is 0.235. The molecule has 0 spiro atoms. The molecule has 0 aliphatic carbocycles. The van der Waals surface area contributed by atoms with Gasteiger partial charge in [0, 0.05) is 32.3 Å². The maximum Gasteiger partial charge on any atom is 0.246 e. The zero-order valence-electron chi connectivity index (χ0n) is 12.1. The summed E-state index contributed by atoms with van der Waals surface area (Å²) in [7, 11) is 0. The maximum atomic E-state index is 12.2. The summed E-state index contributed by atoms with van der Waals surface area (Å²) >= 11 is 6.22. The number of carbonyl (C=O) groups is 1. The van der Waals surface area contributed by atoms with Crippen LogP contribution >= 0.6 is 11.6 Å². The number of piperazine rings is 1. The van der Waals surface area contributed by atoms with Crippen molar-refractivity contribution in [2.24, 2.45) is 0 Å². The normalized spacial score (nSPS) is 15.5. The number of rotatable bonds is 3. The second-order valence-corrected chi connectivity index (χ2v) is 5.52. The van der Waals surface area contributed by atoms with Crippen LogP contribution in [0.1, 0.15) is 5.76 Å². The third-order valence-corrected chi connectivity index (χ3v) is 4.04. The zero-order valence-corrected chi connectivity index (χ0v) is 12.9. The monoisotopic (exact) mass is 316 g/mol. The second kappa shape index (κ2) is 6.71. The van der Waals surface area contributed by atoms with Crippen LogP contribution in [0.15, 0.2) is 53.2 Å². The molecular formula is C17H17ClN2O2. The standard InChI is InChI=1S/C17H17ClN2O2/c18-15-5-1-2-6-16(15)19-9-11-20(12-10-19)17(21)8-7-14-4-3-13-22-14/h1-8,13H,9-12H2/b8-7+. The zero-order chi connectivity index (χ0) is 15.4. The summed E-state index contributed by atoms with van der Waals surface area (Å²) in [5.41, 5.74) is 1.03. The van der Waals surface area contributed by atoms with Gasteiger partial charge >= 0.3 is 0 Å². The molecule has 114 valence electrons. The van der Waals surface area contributed by atoms with E-state index in [1.807, 2.05) is 35.2 Å². The highest BCUT2D eigenvalue weighted by atomic mass is 35.5. The summed E-state index contributed by atoms with van der Waals surface area (Å²) < 4.78 is 5.18. The molecule has 3 rings (SSSR count). The Kier molecular flexibility index (Phi) is 4.49. The third kappa shape index (κ3) is 3.34. The van der Waals surface area contributed by atoms with Gasteiger partial charge in [-0.15, -0.1) is 0 Å². The van der Waals surface area contributed by atoms with Crippen molar-refractivity contribution in [1.29, 1.82) is 0 Å². The van der Waals surface area contributed by atoms with E-state index in [2.05, 4.69) is 4.90 Å². The molecule has 1 aromatic carbocycles. The summed E-state index contributed by atoms with van der Waals surface area (Å²) in [6.45, 7) is 2.94. The van der Waals surface area contributed by atoms with E-state index < -0.39 is 0 Å². The lowest BCUT2D eigenvalue weighted by molar-refractivity contribution is -0.126. The summed E-state index contributed by atoms with van der Waals surface area (Å²) in [6, 6.07) is 11.4. The van der Waals surface area contributed by atoms with E-state index in [0.717, 1.165) is 23.8 Å². The lowest BCUT2D eigenvalue weighted by Crippen LogP contribution is -2.48. The molecule has 1 fully saturated rings. The molecule has 0 N–H and O–H groups in total. The average molecular weight is 317 g/mol. The number of nitrogens with zero attached hydrogens (tertiary/aromatic N) is 2. The van der Waals surface area contributed by atoms with Crippen molar-refractivity contribution in [3.05, 3.63) is 59.5 Å². The number of carbonyl (C=O) groups excluding carboxylic acids is 1. The van der Waals surface area contributed by atoms with Crippen LogP contribution < -0.4 is 4.90 Å². The molecule has 1 aliphatic heterocycles. The van der Waals surface area contributed by atoms with Crippen molar-refractivity contribution in [2.75, 3.05) is 31.1 Å². The molecule has 0 atom stereocenters. The predicted molar refractivity (Wildman–Crippen MR) is 88.0 cm³/mol. The first-order valence-corrected chi connectivity index (χ1v) is 7.62. The number of benzene rings is 1. The fourth-order valence-electron chi connectivity index (χ4n) is 2.52. The molecule has 0 radical (unpaired) electrons. The minimum absolute atomic E-state index is 0.00945. The highest BCUT2D eigenvalue weighted by Gasteiger charge is 2.20. The molecule has 0 saturated carbocycles. The summed E-state index contributed by atoms with van der Waals surface area (Å²) in [4.78, 5) is 16.2. The number of hydrogen-bond donors (Lipinski definition) is 0. The van der Waals surface area contributed by atoms with Crippen molar-refractivity contribution in [2.45, 2.75) is 0 Å². The first-order chi connectivity index (χ1) is 10.7. The minimum Gasteiger partial charge on any atom is -0.465 e. The van der Waals surface area contributed by atoms with Crippen molar-refractivity contribution >= 4 is 29.3 Å². The van der Waals surface area contributed by atoms with Gasteiger partial charge in [-0.05, 0) is 30.3 Å². The lowest BCUT2D eigenvalue weighted by Gasteiger charge is -2.36. The van der Waals surface area contributed by atoms with Gasteiger partial charge in [-0.2, -0.15) is 0 Å². The Morgan fingerprint density at radius 2 is 1.86 bits per heavy atom. The van der Waals surface area contributed by atoms with Gasteiger partial charge in [-0.25, -0.2) is 0 Å². The van der Waals surface area contributed by atoms with Gasteiger partial charge in [-0.3, -0.25) is 4.79 Å². The Hall–Kier alpha value is -2.20. The fourth-order valence-corrected chi connectivity index (χ4v) is 2.78. The van der Waals surface area contributed by atoms with Crippen LogP contribution in [0.5, 0.6) is 0 Å². The highest BCUT2D eigenvalue weighted by molar-refractivity contribution is 6.33. The number of halogens is 1. The summed E-state index contributed by atoms with van der Waals surface area (Å²) in [5, 5.41) is 0.750. The van der Waals surface area contributed by atoms with Crippen LogP contribution in [0.25, 0.3) is 6.08 Å². The summed E-state index contributed by atoms with van der Waals surface area (Å²) in [6.07, 6.45) is 4.85. The molecule has 22 heavy (non-hydrogen) atoms. The number of hydrogen-bond acceptors (Lipinski definition) is 3. The Balaban J connectivity index is 1.57. The number of amides is 1. The molecule has 2 aromatic rings. The Bertz CT molecular complexity index is 659. The molecule has 1 saturated heterocycles. The molecule has 1 amide bonds. The third-order valence-electron chi connectivity index (χ3n) is 3.72. The number of para-hydroxylation sites is 1. The largest absolute Gasteiger partial charge is 0.465 e. The van der Waals surface area contributed by atoms with Crippen molar-refractivity contribution in [1.82, 2.24) is 4.90 Å². The Morgan fingerprint density at radius 3 is 2.55 bits per heavy atom. The molecule has 0 bridgehead atoms. The van der Waals surface area contributed by atoms with Crippen LogP contribution in [0.3, 0.4) is 0 Å². The smallest absolute Gasteiger partial charge is 0.246 e. The van der Waals surface area contributed by atoms with E-state index in [-0.39, 0.29) is 5.91 Å². The molecule has 1 aliphatic rings. The van der Waals surface area contributed by atoms with Crippen molar-refractivity contribution < 1.29 is 9.21 Å². The Morgan fingerprint density at radius 1 is 1.09 bits per heavy atom. The van der Waals surface area contributed by atoms with Gasteiger partial charge in [0.2, 0.25) is 5.91 Å². The highest BCUT2D eigenvalue weighted by Crippen LogP contribution is 2.26. The number of furan rings is 1. The molecule has 2 heterocycles. The molecule has 5 heteroatoms. The van der Waals surface area contributed by atoms with E-state index in [0.29, 0.717) is 18.8 Å². The van der Waals surface area contributed by atoms with Crippen LogP contribution in [0.2, 0.25) is 5.02 Å². The van der Waals surface area contributed by atoms with E-state index in [1.165, 1.54) is 0 Å². The quantitative estimate of drug-likeness (QED) is 0.815. The van der Waals surface area contributed by atoms with Crippen LogP contribution in [-0.2, 0) is 4.79 Å². The maximum absolute atomic E-state index is 12.2. The van der Waals surface area contributed by atoms with Crippen LogP contribution in [-0.4, -0.2) is 37.0 Å². The van der Waals surface area contributed by atoms with Gasteiger partial charge in [0.05, 0.1) is 17.0 Å². The first kappa shape index (κ1) is 14.7. The molecule has 4 nitrogen and oxygen atoms in total. The molecule has 1 aromatic heterocycles. The van der Waals surface area contributed by atoms with Crippen molar-refractivity contribution in [3.8, 4) is 0 Å². The summed E-state index contributed by atoms with van der Waals surface area (Å²) in [5.74, 6) is 0.693. The van der Waals surface area contributed by atoms with E-state index in [4.69, 9.17) is 16.0 Å². The SMILES string of the molecule is O=C(/C=C/c1ccco1)N1CCN(c2ccccc2Cl)CC1. The minimum atomic E-state index is 0.00945. The van der Waals surface area contributed by atoms with Gasteiger partial charge < -0.3 is 14.2 Å². The van der Waals surface area contributed by atoms with Gasteiger partial charge in [0.25, 0.3) is 0 Å². The van der Waals surface area contributed by atoms with E-state index in [9.17, 15) is 4.79 Å². The Labute approximate surface area is 134 Å². The average Bonchev–Trinajstić information content (AvgIpc) is 3.07. The van der Waals surface area contributed by atoms with E-state index >= 15 is 0 Å². The second-order valence-electron chi connectivity index (χ2n) is 5.11. The van der Waals surface area contributed by atoms with Crippen molar-refractivity contribution in [3.63, 3.8) is 0 Å². The molecule has 0 unspecified atom stereocenters. The molecular weight excluding hydrogens is 300 g/mol. The predicted octanol–water partition coefficient (Wildman–Crippen LogP) is 3.30. The van der Waals surface area contributed by atoms with Gasteiger partial charge in [0.15, 0.2) is 0 Å². The number of anilines is 1. The van der Waals surface area contributed by atoms with E-state index in [1.54, 1.807) is 24.5 Å². The lowest BCUT2D eigenvalue weighted by atomic mass is 10.2.